The third-order valence-corrected chi connectivity index (χ3v) is 4.90. The second kappa shape index (κ2) is 8.22. The molecule has 2 heterocycles. The van der Waals surface area contributed by atoms with Gasteiger partial charge in [-0.05, 0) is 26.7 Å². The number of rotatable bonds is 6. The summed E-state index contributed by atoms with van der Waals surface area (Å²) in [6.07, 6.45) is 9.47. The summed E-state index contributed by atoms with van der Waals surface area (Å²) < 4.78 is 7.75. The van der Waals surface area contributed by atoms with Crippen LogP contribution in [0.15, 0.2) is 6.20 Å². The number of hydrogen-bond acceptors (Lipinski definition) is 5. The number of nitrogens with zero attached hydrogens (tertiary/aromatic N) is 4. The summed E-state index contributed by atoms with van der Waals surface area (Å²) in [5.74, 6) is 0. The van der Waals surface area contributed by atoms with Crippen molar-refractivity contribution in [2.75, 3.05) is 19.6 Å². The molecule has 1 saturated carbocycles. The van der Waals surface area contributed by atoms with Crippen LogP contribution in [-0.4, -0.2) is 57.8 Å². The van der Waals surface area contributed by atoms with Crippen molar-refractivity contribution in [2.45, 2.75) is 77.3 Å². The first-order valence-corrected chi connectivity index (χ1v) is 9.19. The van der Waals surface area contributed by atoms with E-state index in [1.54, 1.807) is 0 Å². The van der Waals surface area contributed by atoms with Gasteiger partial charge in [0.2, 0.25) is 0 Å². The molecule has 0 amide bonds. The summed E-state index contributed by atoms with van der Waals surface area (Å²) >= 11 is 0. The molecule has 3 rings (SSSR count). The fraction of sp³-hybridized carbons (Fsp3) is 0.882. The van der Waals surface area contributed by atoms with E-state index in [2.05, 4.69) is 40.6 Å². The molecule has 6 heteroatoms. The van der Waals surface area contributed by atoms with Crippen molar-refractivity contribution in [1.29, 1.82) is 0 Å². The zero-order valence-corrected chi connectivity index (χ0v) is 14.6. The summed E-state index contributed by atoms with van der Waals surface area (Å²) in [7, 11) is 0. The molecular formula is C17H31N5O. The predicted molar refractivity (Wildman–Crippen MR) is 90.2 cm³/mol. The van der Waals surface area contributed by atoms with E-state index in [9.17, 15) is 0 Å². The van der Waals surface area contributed by atoms with Crippen LogP contribution in [0.3, 0.4) is 0 Å². The summed E-state index contributed by atoms with van der Waals surface area (Å²) in [4.78, 5) is 2.46. The minimum absolute atomic E-state index is 0.324. The maximum atomic E-state index is 5.78. The van der Waals surface area contributed by atoms with E-state index in [0.29, 0.717) is 18.2 Å². The lowest BCUT2D eigenvalue weighted by Gasteiger charge is -2.35. The van der Waals surface area contributed by atoms with Crippen LogP contribution in [0.25, 0.3) is 0 Å². The zero-order chi connectivity index (χ0) is 16.1. The summed E-state index contributed by atoms with van der Waals surface area (Å²) in [6, 6.07) is 0.672. The third kappa shape index (κ3) is 5.26. The Morgan fingerprint density at radius 3 is 2.61 bits per heavy atom. The van der Waals surface area contributed by atoms with Crippen LogP contribution in [0.1, 0.15) is 51.6 Å². The Balaban J connectivity index is 1.40. The highest BCUT2D eigenvalue weighted by Crippen LogP contribution is 2.17. The number of hydrogen-bond donors (Lipinski definition) is 1. The molecule has 0 aromatic carbocycles. The Kier molecular flexibility index (Phi) is 6.02. The van der Waals surface area contributed by atoms with Crippen molar-refractivity contribution in [3.8, 4) is 0 Å². The van der Waals surface area contributed by atoms with Crippen LogP contribution >= 0.6 is 0 Å². The topological polar surface area (TPSA) is 55.2 Å². The first-order valence-electron chi connectivity index (χ1n) is 9.19. The van der Waals surface area contributed by atoms with Gasteiger partial charge in [0.15, 0.2) is 0 Å². The van der Waals surface area contributed by atoms with Gasteiger partial charge in [-0.2, -0.15) is 0 Å². The Bertz CT molecular complexity index is 461. The van der Waals surface area contributed by atoms with Crippen LogP contribution in [0.5, 0.6) is 0 Å². The fourth-order valence-corrected chi connectivity index (χ4v) is 3.80. The van der Waals surface area contributed by atoms with Gasteiger partial charge in [-0.1, -0.05) is 24.5 Å². The molecular weight excluding hydrogens is 290 g/mol. The Labute approximate surface area is 139 Å². The average Bonchev–Trinajstić information content (AvgIpc) is 2.99. The molecule has 2 fully saturated rings. The second-order valence-corrected chi connectivity index (χ2v) is 7.21. The van der Waals surface area contributed by atoms with E-state index in [-0.39, 0.29) is 0 Å². The van der Waals surface area contributed by atoms with Gasteiger partial charge >= 0.3 is 0 Å². The molecule has 2 atom stereocenters. The van der Waals surface area contributed by atoms with Crippen LogP contribution in [0.2, 0.25) is 0 Å². The predicted octanol–water partition coefficient (Wildman–Crippen LogP) is 1.81. The number of morpholine rings is 1. The van der Waals surface area contributed by atoms with E-state index >= 15 is 0 Å². The van der Waals surface area contributed by atoms with Gasteiger partial charge in [0.05, 0.1) is 24.4 Å². The van der Waals surface area contributed by atoms with Crippen molar-refractivity contribution >= 4 is 0 Å². The Hall–Kier alpha value is -0.980. The molecule has 6 nitrogen and oxygen atoms in total. The van der Waals surface area contributed by atoms with Crippen molar-refractivity contribution < 1.29 is 4.74 Å². The SMILES string of the molecule is CC1CN(CCn2cc(CNC3CCCCC3)nn2)CC(C)O1. The molecule has 0 spiro atoms. The van der Waals surface area contributed by atoms with E-state index in [0.717, 1.165) is 38.4 Å². The molecule has 2 unspecified atom stereocenters. The van der Waals surface area contributed by atoms with Crippen LogP contribution < -0.4 is 5.32 Å². The molecule has 1 aliphatic carbocycles. The molecule has 1 saturated heterocycles. The average molecular weight is 321 g/mol. The van der Waals surface area contributed by atoms with Gasteiger partial charge in [0.25, 0.3) is 0 Å². The third-order valence-electron chi connectivity index (χ3n) is 4.90. The van der Waals surface area contributed by atoms with E-state index < -0.39 is 0 Å². The smallest absolute Gasteiger partial charge is 0.0964 e. The maximum absolute atomic E-state index is 5.78. The Morgan fingerprint density at radius 2 is 1.87 bits per heavy atom. The van der Waals surface area contributed by atoms with Crippen LogP contribution in [0.4, 0.5) is 0 Å². The van der Waals surface area contributed by atoms with Crippen molar-refractivity contribution in [1.82, 2.24) is 25.2 Å². The number of ether oxygens (including phenoxy) is 1. The first-order chi connectivity index (χ1) is 11.2. The summed E-state index contributed by atoms with van der Waals surface area (Å²) in [6.45, 7) is 9.06. The largest absolute Gasteiger partial charge is 0.373 e. The second-order valence-electron chi connectivity index (χ2n) is 7.21. The molecule has 1 aromatic heterocycles. The van der Waals surface area contributed by atoms with Crippen molar-refractivity contribution in [3.63, 3.8) is 0 Å². The highest BCUT2D eigenvalue weighted by atomic mass is 16.5. The maximum Gasteiger partial charge on any atom is 0.0964 e. The van der Waals surface area contributed by atoms with E-state index in [1.807, 2.05) is 4.68 Å². The molecule has 1 aromatic rings. The monoisotopic (exact) mass is 321 g/mol. The molecule has 1 N–H and O–H groups in total. The summed E-state index contributed by atoms with van der Waals surface area (Å²) in [5, 5.41) is 12.2. The quantitative estimate of drug-likeness (QED) is 0.866. The molecule has 130 valence electrons. The zero-order valence-electron chi connectivity index (χ0n) is 14.6. The molecule has 1 aliphatic heterocycles. The standard InChI is InChI=1S/C17H31N5O/c1-14-11-21(12-15(2)23-14)8-9-22-13-17(19-20-22)10-18-16-6-4-3-5-7-16/h13-16,18H,3-12H2,1-2H3. The van der Waals surface area contributed by atoms with Crippen LogP contribution in [-0.2, 0) is 17.8 Å². The van der Waals surface area contributed by atoms with Gasteiger partial charge in [-0.25, -0.2) is 0 Å². The molecule has 2 aliphatic rings. The van der Waals surface area contributed by atoms with Gasteiger partial charge < -0.3 is 10.1 Å². The summed E-state index contributed by atoms with van der Waals surface area (Å²) in [5.41, 5.74) is 1.05. The van der Waals surface area contributed by atoms with Gasteiger partial charge in [-0.3, -0.25) is 9.58 Å². The normalized spacial score (nSPS) is 27.4. The van der Waals surface area contributed by atoms with Gasteiger partial charge in [-0.15, -0.1) is 5.10 Å². The Morgan fingerprint density at radius 1 is 1.13 bits per heavy atom. The minimum Gasteiger partial charge on any atom is -0.373 e. The molecule has 23 heavy (non-hydrogen) atoms. The highest BCUT2D eigenvalue weighted by molar-refractivity contribution is 4.92. The lowest BCUT2D eigenvalue weighted by molar-refractivity contribution is -0.0687. The molecule has 0 bridgehead atoms. The van der Waals surface area contributed by atoms with Crippen molar-refractivity contribution in [3.05, 3.63) is 11.9 Å². The van der Waals surface area contributed by atoms with Gasteiger partial charge in [0, 0.05) is 38.4 Å². The van der Waals surface area contributed by atoms with Crippen molar-refractivity contribution in [2.24, 2.45) is 0 Å². The number of aromatic nitrogens is 3. The first kappa shape index (κ1) is 16.9. The van der Waals surface area contributed by atoms with Crippen LogP contribution in [0, 0.1) is 0 Å². The minimum atomic E-state index is 0.324. The molecule has 0 radical (unpaired) electrons. The van der Waals surface area contributed by atoms with Gasteiger partial charge in [0.1, 0.15) is 0 Å². The highest BCUT2D eigenvalue weighted by Gasteiger charge is 2.21. The fourth-order valence-electron chi connectivity index (χ4n) is 3.80. The number of nitrogens with one attached hydrogen (secondary N) is 1. The van der Waals surface area contributed by atoms with E-state index in [4.69, 9.17) is 4.74 Å². The lowest BCUT2D eigenvalue weighted by Crippen LogP contribution is -2.46. The lowest BCUT2D eigenvalue weighted by atomic mass is 9.95. The van der Waals surface area contributed by atoms with E-state index in [1.165, 1.54) is 32.1 Å².